The lowest BCUT2D eigenvalue weighted by Gasteiger charge is -2.22. The second-order valence-electron chi connectivity index (χ2n) is 4.63. The topological polar surface area (TPSA) is 69.6 Å². The van der Waals surface area contributed by atoms with Crippen molar-refractivity contribution in [2.24, 2.45) is 0 Å². The first-order valence-electron chi connectivity index (χ1n) is 6.86. The SMILES string of the molecule is CCCCN(CCO)C(=O)Nc1ccc(C(C)=O)cc1. The summed E-state index contributed by atoms with van der Waals surface area (Å²) in [7, 11) is 0. The fraction of sp³-hybridized carbons (Fsp3) is 0.467. The van der Waals surface area contributed by atoms with Crippen molar-refractivity contribution in [1.29, 1.82) is 0 Å². The van der Waals surface area contributed by atoms with Gasteiger partial charge in [0.15, 0.2) is 5.78 Å². The quantitative estimate of drug-likeness (QED) is 0.753. The van der Waals surface area contributed by atoms with Gasteiger partial charge in [-0.15, -0.1) is 0 Å². The highest BCUT2D eigenvalue weighted by atomic mass is 16.3. The second-order valence-corrected chi connectivity index (χ2v) is 4.63. The predicted octanol–water partition coefficient (Wildman–Crippen LogP) is 2.52. The molecule has 0 saturated heterocycles. The predicted molar refractivity (Wildman–Crippen MR) is 79.0 cm³/mol. The molecule has 0 unspecified atom stereocenters. The number of ketones is 1. The van der Waals surface area contributed by atoms with Crippen molar-refractivity contribution < 1.29 is 14.7 Å². The zero-order chi connectivity index (χ0) is 15.0. The lowest BCUT2D eigenvalue weighted by Crippen LogP contribution is -2.37. The summed E-state index contributed by atoms with van der Waals surface area (Å²) in [5.41, 5.74) is 1.25. The van der Waals surface area contributed by atoms with Crippen molar-refractivity contribution in [3.05, 3.63) is 29.8 Å². The Hall–Kier alpha value is -1.88. The van der Waals surface area contributed by atoms with E-state index < -0.39 is 0 Å². The number of hydrogen-bond acceptors (Lipinski definition) is 3. The number of rotatable bonds is 7. The van der Waals surface area contributed by atoms with Crippen molar-refractivity contribution >= 4 is 17.5 Å². The van der Waals surface area contributed by atoms with Crippen LogP contribution in [0.2, 0.25) is 0 Å². The third-order valence-corrected chi connectivity index (χ3v) is 2.98. The van der Waals surface area contributed by atoms with Crippen molar-refractivity contribution in [2.45, 2.75) is 26.7 Å². The van der Waals surface area contributed by atoms with Gasteiger partial charge < -0.3 is 15.3 Å². The number of carbonyl (C=O) groups is 2. The van der Waals surface area contributed by atoms with Gasteiger partial charge in [0.25, 0.3) is 0 Å². The third-order valence-electron chi connectivity index (χ3n) is 2.98. The summed E-state index contributed by atoms with van der Waals surface area (Å²) < 4.78 is 0. The Morgan fingerprint density at radius 2 is 1.85 bits per heavy atom. The van der Waals surface area contributed by atoms with Gasteiger partial charge in [-0.05, 0) is 37.6 Å². The van der Waals surface area contributed by atoms with Crippen molar-refractivity contribution in [2.75, 3.05) is 25.0 Å². The van der Waals surface area contributed by atoms with Crippen LogP contribution in [0.5, 0.6) is 0 Å². The first kappa shape index (κ1) is 16.2. The van der Waals surface area contributed by atoms with E-state index in [4.69, 9.17) is 5.11 Å². The molecule has 0 saturated carbocycles. The fourth-order valence-electron chi connectivity index (χ4n) is 1.78. The summed E-state index contributed by atoms with van der Waals surface area (Å²) in [6, 6.07) is 6.53. The molecule has 1 rings (SSSR count). The number of carbonyl (C=O) groups excluding carboxylic acids is 2. The molecule has 2 amide bonds. The highest BCUT2D eigenvalue weighted by Crippen LogP contribution is 2.11. The summed E-state index contributed by atoms with van der Waals surface area (Å²) >= 11 is 0. The molecule has 20 heavy (non-hydrogen) atoms. The Balaban J connectivity index is 2.64. The number of aliphatic hydroxyl groups excluding tert-OH is 1. The van der Waals surface area contributed by atoms with Crippen LogP contribution in [0.3, 0.4) is 0 Å². The molecule has 0 radical (unpaired) electrons. The van der Waals surface area contributed by atoms with Gasteiger partial charge in [0, 0.05) is 24.3 Å². The van der Waals surface area contributed by atoms with Gasteiger partial charge in [0.1, 0.15) is 0 Å². The maximum atomic E-state index is 12.1. The number of Topliss-reactive ketones (excluding diaryl/α,β-unsaturated/α-hetero) is 1. The molecule has 0 aliphatic carbocycles. The molecule has 1 aromatic rings. The molecule has 0 aromatic heterocycles. The Morgan fingerprint density at radius 3 is 2.35 bits per heavy atom. The van der Waals surface area contributed by atoms with Crippen molar-refractivity contribution in [3.8, 4) is 0 Å². The molecular formula is C15H22N2O3. The monoisotopic (exact) mass is 278 g/mol. The standard InChI is InChI=1S/C15H22N2O3/c1-3-4-9-17(10-11-18)15(20)16-14-7-5-13(6-8-14)12(2)19/h5-8,18H,3-4,9-11H2,1-2H3,(H,16,20). The van der Waals surface area contributed by atoms with E-state index in [1.54, 1.807) is 29.2 Å². The molecule has 5 heteroatoms. The molecule has 1 aromatic carbocycles. The molecule has 0 atom stereocenters. The van der Waals surface area contributed by atoms with Gasteiger partial charge in [-0.25, -0.2) is 4.79 Å². The highest BCUT2D eigenvalue weighted by Gasteiger charge is 2.12. The van der Waals surface area contributed by atoms with Crippen LogP contribution < -0.4 is 5.32 Å². The van der Waals surface area contributed by atoms with Crippen LogP contribution >= 0.6 is 0 Å². The number of nitrogens with one attached hydrogen (secondary N) is 1. The number of nitrogens with zero attached hydrogens (tertiary/aromatic N) is 1. The van der Waals surface area contributed by atoms with E-state index in [0.717, 1.165) is 12.8 Å². The molecule has 0 heterocycles. The van der Waals surface area contributed by atoms with Crippen LogP contribution in [0.25, 0.3) is 0 Å². The van der Waals surface area contributed by atoms with E-state index in [1.807, 2.05) is 0 Å². The van der Waals surface area contributed by atoms with Crippen molar-refractivity contribution in [3.63, 3.8) is 0 Å². The number of benzene rings is 1. The van der Waals surface area contributed by atoms with Gasteiger partial charge >= 0.3 is 6.03 Å². The maximum Gasteiger partial charge on any atom is 0.321 e. The molecule has 0 spiro atoms. The Kier molecular flexibility index (Phi) is 6.73. The van der Waals surface area contributed by atoms with E-state index >= 15 is 0 Å². The average molecular weight is 278 g/mol. The minimum Gasteiger partial charge on any atom is -0.395 e. The largest absolute Gasteiger partial charge is 0.395 e. The van der Waals surface area contributed by atoms with Crippen LogP contribution in [0, 0.1) is 0 Å². The van der Waals surface area contributed by atoms with Crippen LogP contribution in [-0.2, 0) is 0 Å². The first-order chi connectivity index (χ1) is 9.58. The minimum absolute atomic E-state index is 0.00673. The van der Waals surface area contributed by atoms with Crippen LogP contribution in [0.15, 0.2) is 24.3 Å². The lowest BCUT2D eigenvalue weighted by atomic mass is 10.1. The molecule has 2 N–H and O–H groups in total. The number of urea groups is 1. The molecule has 5 nitrogen and oxygen atoms in total. The Labute approximate surface area is 119 Å². The minimum atomic E-state index is -0.233. The van der Waals surface area contributed by atoms with Gasteiger partial charge in [0.2, 0.25) is 0 Å². The van der Waals surface area contributed by atoms with Gasteiger partial charge in [0.05, 0.1) is 6.61 Å². The zero-order valence-electron chi connectivity index (χ0n) is 12.1. The second kappa shape index (κ2) is 8.32. The third kappa shape index (κ3) is 5.01. The highest BCUT2D eigenvalue weighted by molar-refractivity contribution is 5.95. The zero-order valence-corrected chi connectivity index (χ0v) is 12.1. The van der Waals surface area contributed by atoms with Crippen LogP contribution in [0.1, 0.15) is 37.0 Å². The van der Waals surface area contributed by atoms with Gasteiger partial charge in [-0.1, -0.05) is 13.3 Å². The van der Waals surface area contributed by atoms with Crippen LogP contribution in [0.4, 0.5) is 10.5 Å². The average Bonchev–Trinajstić information content (AvgIpc) is 2.43. The number of amides is 2. The summed E-state index contributed by atoms with van der Waals surface area (Å²) in [6.45, 7) is 4.43. The van der Waals surface area contributed by atoms with Crippen LogP contribution in [-0.4, -0.2) is 41.5 Å². The van der Waals surface area contributed by atoms with E-state index in [1.165, 1.54) is 6.92 Å². The number of unbranched alkanes of at least 4 members (excludes halogenated alkanes) is 1. The lowest BCUT2D eigenvalue weighted by molar-refractivity contribution is 0.101. The van der Waals surface area contributed by atoms with E-state index in [0.29, 0.717) is 24.3 Å². The van der Waals surface area contributed by atoms with E-state index in [2.05, 4.69) is 12.2 Å². The molecular weight excluding hydrogens is 256 g/mol. The Morgan fingerprint density at radius 1 is 1.20 bits per heavy atom. The van der Waals surface area contributed by atoms with Crippen molar-refractivity contribution in [1.82, 2.24) is 4.90 Å². The molecule has 0 aliphatic heterocycles. The van der Waals surface area contributed by atoms with E-state index in [-0.39, 0.29) is 18.4 Å². The summed E-state index contributed by atoms with van der Waals surface area (Å²) in [4.78, 5) is 24.8. The number of anilines is 1. The van der Waals surface area contributed by atoms with E-state index in [9.17, 15) is 9.59 Å². The summed E-state index contributed by atoms with van der Waals surface area (Å²) in [5, 5.41) is 11.8. The maximum absolute atomic E-state index is 12.1. The number of aliphatic hydroxyl groups is 1. The first-order valence-corrected chi connectivity index (χ1v) is 6.86. The molecule has 0 bridgehead atoms. The smallest absolute Gasteiger partial charge is 0.321 e. The van der Waals surface area contributed by atoms with Gasteiger partial charge in [-0.2, -0.15) is 0 Å². The molecule has 0 aliphatic rings. The Bertz CT molecular complexity index is 443. The summed E-state index contributed by atoms with van der Waals surface area (Å²) in [6.07, 6.45) is 1.89. The summed E-state index contributed by atoms with van der Waals surface area (Å²) in [5.74, 6) is -0.00673. The number of hydrogen-bond donors (Lipinski definition) is 2. The van der Waals surface area contributed by atoms with Gasteiger partial charge in [-0.3, -0.25) is 4.79 Å². The molecule has 110 valence electrons. The molecule has 0 fully saturated rings. The normalized spacial score (nSPS) is 10.2. The fourth-order valence-corrected chi connectivity index (χ4v) is 1.78.